The Morgan fingerprint density at radius 1 is 0.905 bits per heavy atom. The molecule has 4 aliphatic carbocycles. The largest absolute Gasteiger partial charge is 0.347 e. The normalized spacial score (nSPS) is 39.8. The highest BCUT2D eigenvalue weighted by Crippen LogP contribution is 2.69. The minimum absolute atomic E-state index is 0.0371. The SMILES string of the molecule is C[C@@H]1C(=O)C(C#N)=C[C@]2(C)C3=CC(=O)C4CCC(C)(C)CC[C@](C)(NC(=O)c5ccccc5)CC[C@@]4(C)[C@]3(C)CC[C@@H]12. The fourth-order valence-corrected chi connectivity index (χ4v) is 9.27. The maximum atomic E-state index is 14.2. The Kier molecular flexibility index (Phi) is 7.48. The van der Waals surface area contributed by atoms with Crippen LogP contribution >= 0.6 is 0 Å². The van der Waals surface area contributed by atoms with E-state index in [1.165, 1.54) is 0 Å². The van der Waals surface area contributed by atoms with Gasteiger partial charge < -0.3 is 5.32 Å². The van der Waals surface area contributed by atoms with E-state index in [0.717, 1.165) is 56.9 Å². The molecule has 5 heteroatoms. The second-order valence-corrected chi connectivity index (χ2v) is 15.6. The molecule has 224 valence electrons. The lowest BCUT2D eigenvalue weighted by Crippen LogP contribution is -2.59. The van der Waals surface area contributed by atoms with Gasteiger partial charge in [-0.25, -0.2) is 0 Å². The first-order valence-corrected chi connectivity index (χ1v) is 15.9. The van der Waals surface area contributed by atoms with Crippen molar-refractivity contribution in [3.63, 3.8) is 0 Å². The third-order valence-electron chi connectivity index (χ3n) is 12.5. The topological polar surface area (TPSA) is 87.0 Å². The van der Waals surface area contributed by atoms with Gasteiger partial charge in [-0.1, -0.05) is 71.4 Å². The summed E-state index contributed by atoms with van der Waals surface area (Å²) in [4.78, 5) is 40.7. The summed E-state index contributed by atoms with van der Waals surface area (Å²) in [6.07, 6.45) is 10.9. The first-order chi connectivity index (χ1) is 19.6. The summed E-state index contributed by atoms with van der Waals surface area (Å²) in [5.41, 5.74) is 0.488. The van der Waals surface area contributed by atoms with Gasteiger partial charge in [0.25, 0.3) is 5.91 Å². The van der Waals surface area contributed by atoms with Gasteiger partial charge >= 0.3 is 0 Å². The number of carbonyl (C=O) groups is 3. The number of amides is 1. The second kappa shape index (κ2) is 10.3. The summed E-state index contributed by atoms with van der Waals surface area (Å²) in [7, 11) is 0. The first-order valence-electron chi connectivity index (χ1n) is 15.9. The third-order valence-corrected chi connectivity index (χ3v) is 12.5. The number of nitrogens with zero attached hydrogens (tertiary/aromatic N) is 1. The fraction of sp³-hybridized carbons (Fsp3) is 0.622. The molecule has 0 radical (unpaired) electrons. The van der Waals surface area contributed by atoms with Gasteiger partial charge in [-0.3, -0.25) is 14.4 Å². The molecule has 1 amide bonds. The molecule has 1 unspecified atom stereocenters. The highest BCUT2D eigenvalue weighted by atomic mass is 16.2. The number of Topliss-reactive ketones (excluding diaryl/α,β-unsaturated/α-hetero) is 1. The Balaban J connectivity index is 1.58. The molecule has 2 saturated carbocycles. The molecule has 1 aromatic rings. The van der Waals surface area contributed by atoms with Crippen molar-refractivity contribution in [2.24, 2.45) is 39.4 Å². The number of nitriles is 1. The molecular weight excluding hydrogens is 520 g/mol. The molecule has 5 rings (SSSR count). The van der Waals surface area contributed by atoms with E-state index in [0.29, 0.717) is 5.56 Å². The lowest BCUT2D eigenvalue weighted by Gasteiger charge is -2.64. The van der Waals surface area contributed by atoms with Crippen LogP contribution in [0.1, 0.15) is 110 Å². The van der Waals surface area contributed by atoms with Crippen molar-refractivity contribution in [3.05, 3.63) is 59.2 Å². The lowest BCUT2D eigenvalue weighted by atomic mass is 9.39. The number of hydrogen-bond acceptors (Lipinski definition) is 4. The molecule has 0 bridgehead atoms. The zero-order chi connectivity index (χ0) is 30.7. The van der Waals surface area contributed by atoms with Crippen LogP contribution in [-0.4, -0.2) is 23.0 Å². The molecule has 5 nitrogen and oxygen atoms in total. The summed E-state index contributed by atoms with van der Waals surface area (Å²) in [6.45, 7) is 15.6. The Labute approximate surface area is 252 Å². The molecule has 0 spiro atoms. The maximum absolute atomic E-state index is 14.2. The van der Waals surface area contributed by atoms with E-state index in [9.17, 15) is 19.6 Å². The Morgan fingerprint density at radius 2 is 1.57 bits per heavy atom. The quantitative estimate of drug-likeness (QED) is 0.395. The molecule has 7 atom stereocenters. The number of nitrogens with one attached hydrogen (secondary N) is 1. The Hall–Kier alpha value is -3.00. The van der Waals surface area contributed by atoms with Crippen LogP contribution in [0.25, 0.3) is 0 Å². The number of allylic oxidation sites excluding steroid dienone is 4. The van der Waals surface area contributed by atoms with Crippen LogP contribution in [0.5, 0.6) is 0 Å². The first kappa shape index (κ1) is 30.5. The van der Waals surface area contributed by atoms with E-state index in [4.69, 9.17) is 0 Å². The highest BCUT2D eigenvalue weighted by molar-refractivity contribution is 6.02. The molecule has 0 aliphatic heterocycles. The van der Waals surface area contributed by atoms with Crippen molar-refractivity contribution >= 4 is 17.5 Å². The van der Waals surface area contributed by atoms with Crippen LogP contribution in [-0.2, 0) is 9.59 Å². The molecule has 0 heterocycles. The van der Waals surface area contributed by atoms with Crippen molar-refractivity contribution in [2.75, 3.05) is 0 Å². The molecule has 0 aromatic heterocycles. The van der Waals surface area contributed by atoms with Gasteiger partial charge in [0, 0.05) is 28.4 Å². The predicted molar refractivity (Wildman–Crippen MR) is 165 cm³/mol. The molecule has 1 aromatic carbocycles. The van der Waals surface area contributed by atoms with E-state index in [-0.39, 0.29) is 57.0 Å². The van der Waals surface area contributed by atoms with E-state index in [1.54, 1.807) is 0 Å². The van der Waals surface area contributed by atoms with Crippen LogP contribution in [0.2, 0.25) is 0 Å². The van der Waals surface area contributed by atoms with Gasteiger partial charge in [-0.15, -0.1) is 0 Å². The average molecular weight is 569 g/mol. The van der Waals surface area contributed by atoms with Crippen molar-refractivity contribution in [1.29, 1.82) is 5.26 Å². The predicted octanol–water partition coefficient (Wildman–Crippen LogP) is 7.78. The van der Waals surface area contributed by atoms with Gasteiger partial charge in [0.15, 0.2) is 11.6 Å². The Morgan fingerprint density at radius 3 is 2.24 bits per heavy atom. The number of hydrogen-bond donors (Lipinski definition) is 1. The molecule has 42 heavy (non-hydrogen) atoms. The summed E-state index contributed by atoms with van der Waals surface area (Å²) >= 11 is 0. The van der Waals surface area contributed by atoms with Crippen molar-refractivity contribution in [1.82, 2.24) is 5.32 Å². The molecule has 2 fully saturated rings. The van der Waals surface area contributed by atoms with Crippen LogP contribution in [0.4, 0.5) is 0 Å². The zero-order valence-electron chi connectivity index (χ0n) is 26.6. The van der Waals surface area contributed by atoms with Crippen LogP contribution < -0.4 is 5.32 Å². The van der Waals surface area contributed by atoms with E-state index in [2.05, 4.69) is 52.9 Å². The summed E-state index contributed by atoms with van der Waals surface area (Å²) in [6, 6.07) is 11.6. The van der Waals surface area contributed by atoms with Crippen LogP contribution in [0.15, 0.2) is 53.6 Å². The standard InChI is InChI=1S/C37H48N2O3/c1-24-27-14-16-37(7)30(35(27,5)22-26(23-38)31(24)41)21-29(40)28-13-15-33(2,3)17-18-34(4,19-20-36(28,37)6)39-32(42)25-11-9-8-10-12-25/h8-12,21-22,24,27-28H,13-20H2,1-7H3,(H,39,42)/t24-,27-,28?,34-,35-,36+,37+/m0/s1. The number of ketones is 2. The third kappa shape index (κ3) is 4.80. The molecule has 4 aliphatic rings. The van der Waals surface area contributed by atoms with Crippen LogP contribution in [0, 0.1) is 50.7 Å². The van der Waals surface area contributed by atoms with E-state index in [1.807, 2.05) is 49.4 Å². The van der Waals surface area contributed by atoms with Gasteiger partial charge in [0.05, 0.1) is 5.57 Å². The maximum Gasteiger partial charge on any atom is 0.251 e. The second-order valence-electron chi connectivity index (χ2n) is 15.6. The van der Waals surface area contributed by atoms with Crippen LogP contribution in [0.3, 0.4) is 0 Å². The minimum atomic E-state index is -0.519. The number of rotatable bonds is 2. The lowest BCUT2D eigenvalue weighted by molar-refractivity contribution is -0.135. The summed E-state index contributed by atoms with van der Waals surface area (Å²) < 4.78 is 0. The fourth-order valence-electron chi connectivity index (χ4n) is 9.27. The summed E-state index contributed by atoms with van der Waals surface area (Å²) in [5, 5.41) is 13.3. The smallest absolute Gasteiger partial charge is 0.251 e. The van der Waals surface area contributed by atoms with Crippen molar-refractivity contribution in [3.8, 4) is 6.07 Å². The van der Waals surface area contributed by atoms with Gasteiger partial charge in [-0.2, -0.15) is 5.26 Å². The summed E-state index contributed by atoms with van der Waals surface area (Å²) in [5.74, 6) is -0.217. The average Bonchev–Trinajstić information content (AvgIpc) is 2.94. The van der Waals surface area contributed by atoms with Crippen molar-refractivity contribution < 1.29 is 14.4 Å². The van der Waals surface area contributed by atoms with E-state index >= 15 is 0 Å². The molecular formula is C37H48N2O3. The molecule has 1 N–H and O–H groups in total. The number of fused-ring (bicyclic) bond motifs is 5. The van der Waals surface area contributed by atoms with Crippen molar-refractivity contribution in [2.45, 2.75) is 105 Å². The Bertz CT molecular complexity index is 1400. The number of carbonyl (C=O) groups excluding carboxylic acids is 3. The van der Waals surface area contributed by atoms with Gasteiger partial charge in [0.1, 0.15) is 6.07 Å². The van der Waals surface area contributed by atoms with Gasteiger partial charge in [0.2, 0.25) is 0 Å². The van der Waals surface area contributed by atoms with E-state index < -0.39 is 11.0 Å². The highest BCUT2D eigenvalue weighted by Gasteiger charge is 2.63. The molecule has 0 saturated heterocycles. The minimum Gasteiger partial charge on any atom is -0.347 e. The zero-order valence-corrected chi connectivity index (χ0v) is 26.6. The monoisotopic (exact) mass is 568 g/mol. The van der Waals surface area contributed by atoms with Gasteiger partial charge in [-0.05, 0) is 98.7 Å². The number of benzene rings is 1.